The van der Waals surface area contributed by atoms with E-state index >= 15 is 0 Å². The van der Waals surface area contributed by atoms with Crippen molar-refractivity contribution in [1.29, 1.82) is 0 Å². The van der Waals surface area contributed by atoms with Crippen LogP contribution in [0.4, 0.5) is 26.3 Å². The number of Topliss-reactive ketones (excluding diaryl/α,β-unsaturated/α-hetero) is 1. The van der Waals surface area contributed by atoms with E-state index in [0.717, 1.165) is 0 Å². The molecule has 3 rings (SSSR count). The Bertz CT molecular complexity index is 899. The van der Waals surface area contributed by atoms with Crippen LogP contribution in [0, 0.1) is 6.07 Å². The van der Waals surface area contributed by atoms with Gasteiger partial charge >= 0.3 is 31.2 Å². The van der Waals surface area contributed by atoms with Crippen molar-refractivity contribution < 1.29 is 54.7 Å². The number of alkyl halides is 6. The maximum absolute atomic E-state index is 12.7. The Kier molecular flexibility index (Phi) is 10.7. The molecule has 0 aliphatic carbocycles. The van der Waals surface area contributed by atoms with Gasteiger partial charge in [0.05, 0.1) is 17.7 Å². The zero-order valence-corrected chi connectivity index (χ0v) is 17.0. The third-order valence-electron chi connectivity index (χ3n) is 3.85. The SMILES string of the molecule is O=C(COCc1cc(C(F)(F)F)cc(C(F)(F)F)c1)c1ccccc1.[Li+].[c-]1ccccc1. The van der Waals surface area contributed by atoms with Crippen molar-refractivity contribution in [2.75, 3.05) is 6.61 Å². The summed E-state index contributed by atoms with van der Waals surface area (Å²) in [5.74, 6) is -0.427. The molecule has 3 aromatic carbocycles. The average Bonchev–Trinajstić information content (AvgIpc) is 2.74. The Labute approximate surface area is 193 Å². The molecule has 0 spiro atoms. The van der Waals surface area contributed by atoms with Crippen molar-refractivity contribution in [2.45, 2.75) is 19.0 Å². The monoisotopic (exact) mass is 446 g/mol. The van der Waals surface area contributed by atoms with E-state index in [4.69, 9.17) is 4.74 Å². The van der Waals surface area contributed by atoms with Crippen LogP contribution in [-0.4, -0.2) is 12.4 Å². The summed E-state index contributed by atoms with van der Waals surface area (Å²) in [5.41, 5.74) is -2.82. The number of hydrogen-bond donors (Lipinski definition) is 0. The number of ether oxygens (including phenoxy) is 1. The summed E-state index contributed by atoms with van der Waals surface area (Å²) in [6.07, 6.45) is -9.84. The molecule has 0 aromatic heterocycles. The molecule has 0 fully saturated rings. The van der Waals surface area contributed by atoms with E-state index in [2.05, 4.69) is 6.07 Å². The van der Waals surface area contributed by atoms with Crippen molar-refractivity contribution in [3.63, 3.8) is 0 Å². The summed E-state index contributed by atoms with van der Waals surface area (Å²) in [5, 5.41) is 0. The molecule has 0 aliphatic heterocycles. The molecule has 0 N–H and O–H groups in total. The first kappa shape index (κ1) is 27.5. The van der Waals surface area contributed by atoms with Crippen LogP contribution in [-0.2, 0) is 23.7 Å². The molecule has 9 heteroatoms. The van der Waals surface area contributed by atoms with Gasteiger partial charge in [-0.1, -0.05) is 30.3 Å². The van der Waals surface area contributed by atoms with Crippen LogP contribution < -0.4 is 18.9 Å². The second-order valence-corrected chi connectivity index (χ2v) is 6.27. The first-order valence-electron chi connectivity index (χ1n) is 8.93. The fourth-order valence-corrected chi connectivity index (χ4v) is 2.41. The summed E-state index contributed by atoms with van der Waals surface area (Å²) in [6.45, 7) is -1.01. The van der Waals surface area contributed by atoms with Gasteiger partial charge in [-0.3, -0.25) is 4.79 Å². The Hall–Kier alpha value is -2.53. The predicted octanol–water partition coefficient (Wildman–Crippen LogP) is 3.61. The van der Waals surface area contributed by atoms with Gasteiger partial charge in [0.1, 0.15) is 6.61 Å². The van der Waals surface area contributed by atoms with Gasteiger partial charge in [0.2, 0.25) is 0 Å². The Morgan fingerprint density at radius 2 is 1.28 bits per heavy atom. The van der Waals surface area contributed by atoms with Crippen molar-refractivity contribution in [2.24, 2.45) is 0 Å². The number of rotatable bonds is 5. The number of ketones is 1. The number of hydrogen-bond acceptors (Lipinski definition) is 2. The Morgan fingerprint density at radius 1 is 0.781 bits per heavy atom. The van der Waals surface area contributed by atoms with E-state index in [1.54, 1.807) is 18.2 Å². The molecule has 0 aliphatic rings. The zero-order valence-electron chi connectivity index (χ0n) is 17.0. The van der Waals surface area contributed by atoms with E-state index in [0.29, 0.717) is 17.7 Å². The third-order valence-corrected chi connectivity index (χ3v) is 3.85. The normalized spacial score (nSPS) is 11.1. The molecule has 0 heterocycles. The molecule has 0 saturated heterocycles. The first-order valence-corrected chi connectivity index (χ1v) is 8.93. The minimum Gasteiger partial charge on any atom is -0.369 e. The number of carbonyl (C=O) groups is 1. The first-order chi connectivity index (χ1) is 14.6. The van der Waals surface area contributed by atoms with Crippen LogP contribution in [0.25, 0.3) is 0 Å². The summed E-state index contributed by atoms with van der Waals surface area (Å²) in [7, 11) is 0. The largest absolute Gasteiger partial charge is 1.00 e. The van der Waals surface area contributed by atoms with Gasteiger partial charge in [-0.25, -0.2) is 0 Å². The maximum atomic E-state index is 12.7. The molecule has 2 nitrogen and oxygen atoms in total. The number of carbonyl (C=O) groups excluding carboxylic acids is 1. The predicted molar refractivity (Wildman–Crippen MR) is 102 cm³/mol. The molecule has 0 amide bonds. The van der Waals surface area contributed by atoms with Gasteiger partial charge < -0.3 is 4.74 Å². The van der Waals surface area contributed by atoms with Crippen LogP contribution in [0.1, 0.15) is 27.0 Å². The van der Waals surface area contributed by atoms with Crippen molar-refractivity contribution in [3.8, 4) is 0 Å². The summed E-state index contributed by atoms with van der Waals surface area (Å²) in [6, 6.07) is 21.7. The van der Waals surface area contributed by atoms with Gasteiger partial charge in [0, 0.05) is 5.56 Å². The van der Waals surface area contributed by atoms with Gasteiger partial charge in [-0.15, -0.1) is 0 Å². The molecule has 0 radical (unpaired) electrons. The molecule has 0 unspecified atom stereocenters. The smallest absolute Gasteiger partial charge is 0.369 e. The molecular weight excluding hydrogens is 429 g/mol. The standard InChI is InChI=1S/C17H12F6O2.C6H5.Li/c18-16(19,20)13-6-11(7-14(8-13)17(21,22)23)9-25-10-15(24)12-4-2-1-3-5-12;1-2-4-6-5-3-1;/h1-8H,9-10H2;1-5H;/q;-1;+1. The zero-order chi connectivity index (χ0) is 22.9. The van der Waals surface area contributed by atoms with Crippen molar-refractivity contribution in [1.82, 2.24) is 0 Å². The molecule has 0 bridgehead atoms. The summed E-state index contributed by atoms with van der Waals surface area (Å²) in [4.78, 5) is 11.8. The second-order valence-electron chi connectivity index (χ2n) is 6.27. The second kappa shape index (κ2) is 12.5. The average molecular weight is 446 g/mol. The van der Waals surface area contributed by atoms with Gasteiger partial charge in [0.25, 0.3) is 0 Å². The fourth-order valence-electron chi connectivity index (χ4n) is 2.41. The van der Waals surface area contributed by atoms with E-state index in [1.165, 1.54) is 12.1 Å². The number of halogens is 6. The minimum atomic E-state index is -4.92. The maximum Gasteiger partial charge on any atom is 1.00 e. The van der Waals surface area contributed by atoms with E-state index in [-0.39, 0.29) is 30.5 Å². The minimum absolute atomic E-state index is 0. The van der Waals surface area contributed by atoms with Crippen LogP contribution >= 0.6 is 0 Å². The van der Waals surface area contributed by atoms with E-state index < -0.39 is 42.5 Å². The van der Waals surface area contributed by atoms with Gasteiger partial charge in [-0.2, -0.15) is 62.7 Å². The topological polar surface area (TPSA) is 26.3 Å². The third kappa shape index (κ3) is 9.31. The van der Waals surface area contributed by atoms with Crippen LogP contribution in [0.3, 0.4) is 0 Å². The fraction of sp³-hybridized carbons (Fsp3) is 0.174. The Morgan fingerprint density at radius 3 is 1.69 bits per heavy atom. The van der Waals surface area contributed by atoms with Crippen molar-refractivity contribution >= 4 is 5.78 Å². The van der Waals surface area contributed by atoms with Gasteiger partial charge in [0.15, 0.2) is 5.78 Å². The molecule has 0 saturated carbocycles. The molecule has 0 atom stereocenters. The van der Waals surface area contributed by atoms with Gasteiger partial charge in [-0.05, 0) is 23.8 Å². The summed E-state index contributed by atoms with van der Waals surface area (Å²) >= 11 is 0. The van der Waals surface area contributed by atoms with E-state index in [9.17, 15) is 31.1 Å². The van der Waals surface area contributed by atoms with Crippen LogP contribution in [0.2, 0.25) is 0 Å². The Balaban J connectivity index is 0.000000631. The molecule has 164 valence electrons. The van der Waals surface area contributed by atoms with Crippen molar-refractivity contribution in [3.05, 3.63) is 107 Å². The van der Waals surface area contributed by atoms with E-state index in [1.807, 2.05) is 30.3 Å². The quantitative estimate of drug-likeness (QED) is 0.259. The van der Waals surface area contributed by atoms with Crippen LogP contribution in [0.5, 0.6) is 0 Å². The molecule has 32 heavy (non-hydrogen) atoms. The summed E-state index contributed by atoms with van der Waals surface area (Å²) < 4.78 is 81.5. The number of benzene rings is 3. The molecule has 3 aromatic rings. The van der Waals surface area contributed by atoms with Crippen LogP contribution in [0.15, 0.2) is 78.9 Å². The molecular formula is C23H17F6LiO2.